The molecular weight excluding hydrogens is 1050 g/mol. The van der Waals surface area contributed by atoms with Gasteiger partial charge in [0.2, 0.25) is 5.91 Å². The highest BCUT2D eigenvalue weighted by atomic mass is 35.5. The first-order valence-electron chi connectivity index (χ1n) is 23.2. The molecule has 422 valence electrons. The summed E-state index contributed by atoms with van der Waals surface area (Å²) in [6.07, 6.45) is -27.1. The molecule has 4 rings (SSSR count). The van der Waals surface area contributed by atoms with Gasteiger partial charge in [-0.25, -0.2) is 0 Å². The van der Waals surface area contributed by atoms with Crippen LogP contribution in [0.25, 0.3) is 0 Å². The average molecular weight is 1110 g/mol. The number of carbonyl (C=O) groups is 11. The maximum atomic E-state index is 13.1. The van der Waals surface area contributed by atoms with Gasteiger partial charge in [0.15, 0.2) is 61.6 Å². The van der Waals surface area contributed by atoms with Crippen molar-refractivity contribution in [2.75, 3.05) is 25.1 Å². The van der Waals surface area contributed by atoms with E-state index in [1.807, 2.05) is 0 Å². The zero-order chi connectivity index (χ0) is 56.7. The van der Waals surface area contributed by atoms with Gasteiger partial charge in [-0.1, -0.05) is 17.7 Å². The van der Waals surface area contributed by atoms with E-state index in [1.165, 1.54) is 25.1 Å². The summed E-state index contributed by atoms with van der Waals surface area (Å²) < 4.78 is 93.0. The molecule has 29 heteroatoms. The number of hydrogen-bond donors (Lipinski definition) is 1. The Morgan fingerprint density at radius 2 is 0.737 bits per heavy atom. The van der Waals surface area contributed by atoms with E-state index in [-0.39, 0.29) is 17.3 Å². The Bertz CT molecular complexity index is 2310. The van der Waals surface area contributed by atoms with Crippen LogP contribution >= 0.6 is 11.6 Å². The van der Waals surface area contributed by atoms with Crippen LogP contribution in [0.4, 0.5) is 5.69 Å². The van der Waals surface area contributed by atoms with Gasteiger partial charge < -0.3 is 81.1 Å². The molecule has 3 saturated heterocycles. The summed E-state index contributed by atoms with van der Waals surface area (Å²) in [7, 11) is 0. The number of amides is 1. The van der Waals surface area contributed by atoms with E-state index < -0.39 is 178 Å². The summed E-state index contributed by atoms with van der Waals surface area (Å²) in [6.45, 7) is 8.63. The van der Waals surface area contributed by atoms with Crippen molar-refractivity contribution in [2.24, 2.45) is 0 Å². The number of carbonyl (C=O) groups excluding carboxylic acids is 11. The summed E-state index contributed by atoms with van der Waals surface area (Å²) in [5.74, 6) is -10.1. The van der Waals surface area contributed by atoms with Gasteiger partial charge in [-0.3, -0.25) is 52.7 Å². The molecule has 3 fully saturated rings. The minimum absolute atomic E-state index is 0.184. The summed E-state index contributed by atoms with van der Waals surface area (Å²) >= 11 is 6.27. The fourth-order valence-electron chi connectivity index (χ4n) is 8.02. The van der Waals surface area contributed by atoms with Gasteiger partial charge in [0, 0.05) is 76.2 Å². The molecule has 0 aliphatic carbocycles. The molecule has 3 aliphatic heterocycles. The third-order valence-electron chi connectivity index (χ3n) is 10.6. The van der Waals surface area contributed by atoms with Gasteiger partial charge in [0.05, 0.1) is 17.3 Å². The molecule has 0 aromatic heterocycles. The van der Waals surface area contributed by atoms with Gasteiger partial charge in [0.25, 0.3) is 0 Å². The number of benzene rings is 1. The van der Waals surface area contributed by atoms with Crippen LogP contribution < -0.4 is 5.32 Å². The van der Waals surface area contributed by atoms with E-state index in [4.69, 9.17) is 87.4 Å². The molecule has 1 aromatic rings. The topological polar surface area (TPSA) is 347 Å². The number of rotatable bonds is 21. The quantitative estimate of drug-likeness (QED) is 0.132. The second-order valence-corrected chi connectivity index (χ2v) is 17.5. The molecule has 1 amide bonds. The van der Waals surface area contributed by atoms with E-state index in [0.717, 1.165) is 69.2 Å². The molecule has 3 heterocycles. The Labute approximate surface area is 439 Å². The Morgan fingerprint density at radius 3 is 1.09 bits per heavy atom. The smallest absolute Gasteiger partial charge is 0.303 e. The minimum atomic E-state index is -2.06. The maximum absolute atomic E-state index is 13.1. The lowest BCUT2D eigenvalue weighted by Crippen LogP contribution is -2.69. The number of esters is 10. The first-order chi connectivity index (χ1) is 35.6. The normalized spacial score (nSPS) is 28.9. The van der Waals surface area contributed by atoms with Crippen LogP contribution in [0.2, 0.25) is 5.02 Å². The standard InChI is InChI=1S/C47H60ClNO27/c1-19(50)49-32-14-30(12-13-31(32)48)15-64-45-42(69-27(9)58)40(67-25(7)56)37(34(72-45)17-62-21(3)52)75-47-44(71-29(11)60)41(68-26(8)57)38(35(74-47)18-63-22(4)53)76-46-43(70-28(10)59)39(66-24(6)55)36(65-23(5)54)33(73-46)16-61-20(2)51/h12-14,33-47H,15-18H2,1-11H3,(H,49,50)/t33-,34-,35-,36-,37-,38-,39+,40+,41+,42-,43-,44-,45-,46-,47-/m1/s1. The van der Waals surface area contributed by atoms with Crippen LogP contribution in [0.5, 0.6) is 0 Å². The van der Waals surface area contributed by atoms with Crippen molar-refractivity contribution in [3.05, 3.63) is 28.8 Å². The molecule has 15 atom stereocenters. The van der Waals surface area contributed by atoms with E-state index >= 15 is 0 Å². The Hall–Kier alpha value is -6.56. The Balaban J connectivity index is 1.90. The van der Waals surface area contributed by atoms with Crippen LogP contribution in [-0.4, -0.2) is 178 Å². The highest BCUT2D eigenvalue weighted by Gasteiger charge is 2.60. The monoisotopic (exact) mass is 1110 g/mol. The SMILES string of the molecule is CC(=O)Nc1cc(CO[C@@H]2O[C@H](COC(C)=O)[C@@H](O[C@H]3O[C@H](COC(C)=O)[C@@H](O[C@H]4O[C@H](COC(C)=O)[C@@H](OC(C)=O)[C@H](OC(C)=O)[C@H]4OC(C)=O)[C@H](OC(C)=O)[C@H]3OC(C)=O)[C@H](OC(C)=O)[C@H]2OC(C)=O)ccc1Cl. The number of anilines is 1. The molecule has 0 saturated carbocycles. The van der Waals surface area contributed by atoms with Crippen molar-refractivity contribution in [1.82, 2.24) is 0 Å². The molecular formula is C47H60ClNO27. The fraction of sp³-hybridized carbons (Fsp3) is 0.638. The van der Waals surface area contributed by atoms with Crippen LogP contribution in [0.3, 0.4) is 0 Å². The number of hydrogen-bond acceptors (Lipinski definition) is 27. The lowest BCUT2D eigenvalue weighted by atomic mass is 9.95. The Morgan fingerprint density at radius 1 is 0.421 bits per heavy atom. The average Bonchev–Trinajstić information content (AvgIpc) is 3.28. The molecule has 76 heavy (non-hydrogen) atoms. The molecule has 1 aromatic carbocycles. The summed E-state index contributed by atoms with van der Waals surface area (Å²) in [4.78, 5) is 138. The van der Waals surface area contributed by atoms with Gasteiger partial charge in [-0.05, 0) is 17.7 Å². The highest BCUT2D eigenvalue weighted by molar-refractivity contribution is 6.33. The van der Waals surface area contributed by atoms with Crippen molar-refractivity contribution in [3.63, 3.8) is 0 Å². The number of nitrogens with one attached hydrogen (secondary N) is 1. The fourth-order valence-corrected chi connectivity index (χ4v) is 8.18. The van der Waals surface area contributed by atoms with Crippen molar-refractivity contribution in [1.29, 1.82) is 0 Å². The molecule has 0 radical (unpaired) electrons. The maximum Gasteiger partial charge on any atom is 0.303 e. The molecule has 0 unspecified atom stereocenters. The zero-order valence-electron chi connectivity index (χ0n) is 43.1. The molecule has 1 N–H and O–H groups in total. The first-order valence-corrected chi connectivity index (χ1v) is 23.6. The second kappa shape index (κ2) is 28.5. The molecule has 0 spiro atoms. The zero-order valence-corrected chi connectivity index (χ0v) is 43.9. The molecule has 28 nitrogen and oxygen atoms in total. The van der Waals surface area contributed by atoms with E-state index in [1.54, 1.807) is 0 Å². The van der Waals surface area contributed by atoms with Gasteiger partial charge >= 0.3 is 59.7 Å². The van der Waals surface area contributed by atoms with Crippen LogP contribution in [0, 0.1) is 0 Å². The summed E-state index contributed by atoms with van der Waals surface area (Å²) in [5, 5.41) is 2.76. The van der Waals surface area contributed by atoms with E-state index in [9.17, 15) is 52.7 Å². The summed E-state index contributed by atoms with van der Waals surface area (Å²) in [6, 6.07) is 4.48. The van der Waals surface area contributed by atoms with E-state index in [2.05, 4.69) is 5.32 Å². The third kappa shape index (κ3) is 18.6. The van der Waals surface area contributed by atoms with Crippen LogP contribution in [-0.2, 0) is 135 Å². The number of ether oxygens (including phenoxy) is 16. The highest BCUT2D eigenvalue weighted by Crippen LogP contribution is 2.39. The predicted octanol–water partition coefficient (Wildman–Crippen LogP) is 0.971. The lowest BCUT2D eigenvalue weighted by Gasteiger charge is -2.50. The van der Waals surface area contributed by atoms with Crippen LogP contribution in [0.15, 0.2) is 18.2 Å². The minimum Gasteiger partial charge on any atom is -0.463 e. The molecule has 3 aliphatic rings. The van der Waals surface area contributed by atoms with Crippen molar-refractivity contribution >= 4 is 82.9 Å². The largest absolute Gasteiger partial charge is 0.463 e. The second-order valence-electron chi connectivity index (χ2n) is 17.1. The van der Waals surface area contributed by atoms with Gasteiger partial charge in [-0.2, -0.15) is 0 Å². The van der Waals surface area contributed by atoms with Gasteiger partial charge in [-0.15, -0.1) is 0 Å². The lowest BCUT2D eigenvalue weighted by molar-refractivity contribution is -0.380. The Kier molecular flexibility index (Phi) is 23.3. The third-order valence-corrected chi connectivity index (χ3v) is 10.9. The predicted molar refractivity (Wildman–Crippen MR) is 245 cm³/mol. The van der Waals surface area contributed by atoms with Crippen molar-refractivity contribution in [2.45, 2.75) is 175 Å². The first kappa shape index (κ1) is 62.0. The van der Waals surface area contributed by atoms with Gasteiger partial charge in [0.1, 0.15) is 50.3 Å². The van der Waals surface area contributed by atoms with E-state index in [0.29, 0.717) is 5.56 Å². The molecule has 0 bridgehead atoms. The van der Waals surface area contributed by atoms with Crippen LogP contribution in [0.1, 0.15) is 81.7 Å². The van der Waals surface area contributed by atoms with Crippen molar-refractivity contribution < 1.29 is 129 Å². The summed E-state index contributed by atoms with van der Waals surface area (Å²) in [5.41, 5.74) is 0.614. The number of halogens is 1. The van der Waals surface area contributed by atoms with Crippen molar-refractivity contribution in [3.8, 4) is 0 Å².